The van der Waals surface area contributed by atoms with Crippen LogP contribution in [0.5, 0.6) is 0 Å². The second-order valence-electron chi connectivity index (χ2n) is 7.44. The molecule has 0 amide bonds. The second-order valence-corrected chi connectivity index (χ2v) is 9.20. The molecule has 2 aliphatic carbocycles. The average molecular weight is 383 g/mol. The number of fused-ring (bicyclic) bond motifs is 2. The highest BCUT2D eigenvalue weighted by Gasteiger charge is 2.59. The summed E-state index contributed by atoms with van der Waals surface area (Å²) in [6.07, 6.45) is 1.35. The molecular formula is C15H20F3NO5S. The zero-order valence-electron chi connectivity index (χ0n) is 13.7. The number of carbonyl (C=O) groups excluding carboxylic acids is 2. The zero-order chi connectivity index (χ0) is 18.7. The lowest BCUT2D eigenvalue weighted by Gasteiger charge is -2.37. The predicted octanol–water partition coefficient (Wildman–Crippen LogP) is 1.67. The van der Waals surface area contributed by atoms with Crippen molar-refractivity contribution in [1.82, 2.24) is 4.72 Å². The van der Waals surface area contributed by atoms with Gasteiger partial charge < -0.3 is 4.74 Å². The summed E-state index contributed by atoms with van der Waals surface area (Å²) in [7, 11) is -5.38. The van der Waals surface area contributed by atoms with Crippen molar-refractivity contribution in [3.63, 3.8) is 0 Å². The van der Waals surface area contributed by atoms with Gasteiger partial charge in [0.25, 0.3) is 0 Å². The van der Waals surface area contributed by atoms with Gasteiger partial charge in [0.15, 0.2) is 0 Å². The zero-order valence-corrected chi connectivity index (χ0v) is 14.6. The maximum Gasteiger partial charge on any atom is 0.511 e. The van der Waals surface area contributed by atoms with E-state index in [2.05, 4.69) is 0 Å². The van der Waals surface area contributed by atoms with Gasteiger partial charge in [-0.15, -0.1) is 0 Å². The first-order valence-electron chi connectivity index (χ1n) is 8.25. The maximum absolute atomic E-state index is 12.5. The summed E-state index contributed by atoms with van der Waals surface area (Å²) in [6.45, 7) is 3.29. The number of rotatable bonds is 4. The van der Waals surface area contributed by atoms with Crippen LogP contribution in [0, 0.1) is 41.4 Å². The van der Waals surface area contributed by atoms with E-state index in [1.165, 1.54) is 0 Å². The molecule has 2 bridgehead atoms. The van der Waals surface area contributed by atoms with Crippen molar-refractivity contribution in [2.75, 3.05) is 6.54 Å². The van der Waals surface area contributed by atoms with Crippen molar-refractivity contribution in [1.29, 1.82) is 0 Å². The Morgan fingerprint density at radius 2 is 1.80 bits per heavy atom. The van der Waals surface area contributed by atoms with Crippen molar-refractivity contribution in [2.24, 2.45) is 41.4 Å². The third-order valence-electron chi connectivity index (χ3n) is 6.27. The van der Waals surface area contributed by atoms with Crippen LogP contribution in [0.3, 0.4) is 0 Å². The smallest absolute Gasteiger partial charge is 0.393 e. The Bertz CT molecular complexity index is 692. The van der Waals surface area contributed by atoms with Crippen LogP contribution in [0.2, 0.25) is 0 Å². The van der Waals surface area contributed by atoms with Gasteiger partial charge in [0.2, 0.25) is 0 Å². The van der Waals surface area contributed by atoms with E-state index in [1.54, 1.807) is 11.6 Å². The lowest BCUT2D eigenvalue weighted by Crippen LogP contribution is -2.43. The molecule has 25 heavy (non-hydrogen) atoms. The van der Waals surface area contributed by atoms with Gasteiger partial charge >= 0.3 is 27.5 Å². The fourth-order valence-electron chi connectivity index (χ4n) is 5.03. The van der Waals surface area contributed by atoms with Crippen LogP contribution in [0.1, 0.15) is 26.7 Å². The van der Waals surface area contributed by atoms with Crippen LogP contribution in [-0.2, 0) is 24.3 Å². The van der Waals surface area contributed by atoms with E-state index >= 15 is 0 Å². The van der Waals surface area contributed by atoms with E-state index in [9.17, 15) is 31.2 Å². The maximum atomic E-state index is 12.5. The Labute approximate surface area is 143 Å². The van der Waals surface area contributed by atoms with E-state index in [0.29, 0.717) is 6.42 Å². The number of nitrogens with one attached hydrogen (secondary N) is 1. The molecule has 0 spiro atoms. The molecule has 1 N–H and O–H groups in total. The van der Waals surface area contributed by atoms with E-state index < -0.39 is 39.3 Å². The molecule has 142 valence electrons. The van der Waals surface area contributed by atoms with Gasteiger partial charge in [-0.2, -0.15) is 13.2 Å². The minimum Gasteiger partial charge on any atom is -0.393 e. The fraction of sp³-hybridized carbons (Fsp3) is 0.867. The molecule has 1 aliphatic heterocycles. The molecule has 2 saturated carbocycles. The molecule has 0 aromatic heterocycles. The lowest BCUT2D eigenvalue weighted by molar-refractivity contribution is -0.154. The number of hydrogen-bond acceptors (Lipinski definition) is 5. The van der Waals surface area contributed by atoms with Crippen molar-refractivity contribution in [2.45, 2.75) is 32.2 Å². The van der Waals surface area contributed by atoms with Gasteiger partial charge in [-0.3, -0.25) is 9.59 Å². The van der Waals surface area contributed by atoms with Gasteiger partial charge in [0.05, 0.1) is 11.8 Å². The molecule has 10 heteroatoms. The van der Waals surface area contributed by atoms with Crippen molar-refractivity contribution in [3.8, 4) is 0 Å². The first kappa shape index (κ1) is 18.6. The minimum atomic E-state index is -5.38. The van der Waals surface area contributed by atoms with Gasteiger partial charge in [-0.1, -0.05) is 13.8 Å². The third-order valence-corrected chi connectivity index (χ3v) is 7.43. The molecule has 3 rings (SSSR count). The van der Waals surface area contributed by atoms with Crippen LogP contribution in [0.15, 0.2) is 0 Å². The number of esters is 2. The van der Waals surface area contributed by atoms with Gasteiger partial charge in [-0.25, -0.2) is 13.1 Å². The largest absolute Gasteiger partial charge is 0.511 e. The van der Waals surface area contributed by atoms with Crippen LogP contribution in [0.25, 0.3) is 0 Å². The SMILES string of the molecule is CC1C(=O)OC(=O)C1C1C(C)C2CC(CNS(=O)(=O)C(F)(F)F)C1C2. The van der Waals surface area contributed by atoms with E-state index in [0.717, 1.165) is 6.42 Å². The Balaban J connectivity index is 1.74. The Hall–Kier alpha value is -1.16. The summed E-state index contributed by atoms with van der Waals surface area (Å²) in [4.78, 5) is 23.7. The normalized spacial score (nSPS) is 41.4. The number of hydrogen-bond donors (Lipinski definition) is 1. The highest BCUT2D eigenvalue weighted by atomic mass is 32.2. The molecule has 0 aromatic rings. The standard InChI is InChI=1S/C15H20F3NO5S/c1-6-8-3-9(5-19-25(22,23)15(16,17)18)10(4-8)11(6)12-7(2)13(20)24-14(12)21/h6-12,19H,3-5H2,1-2H3. The molecule has 7 unspecified atom stereocenters. The molecule has 0 aromatic carbocycles. The highest BCUT2D eigenvalue weighted by Crippen LogP contribution is 2.59. The second kappa shape index (κ2) is 5.94. The summed E-state index contributed by atoms with van der Waals surface area (Å²) < 4.78 is 66.2. The average Bonchev–Trinajstić information content (AvgIpc) is 3.10. The fourth-order valence-corrected chi connectivity index (χ4v) is 5.63. The van der Waals surface area contributed by atoms with Crippen molar-refractivity contribution < 1.29 is 35.9 Å². The molecule has 6 nitrogen and oxygen atoms in total. The summed E-state index contributed by atoms with van der Waals surface area (Å²) >= 11 is 0. The molecule has 0 radical (unpaired) electrons. The van der Waals surface area contributed by atoms with Gasteiger partial charge in [0.1, 0.15) is 0 Å². The molecule has 1 heterocycles. The lowest BCUT2D eigenvalue weighted by atomic mass is 9.66. The topological polar surface area (TPSA) is 89.5 Å². The first-order chi connectivity index (χ1) is 11.4. The van der Waals surface area contributed by atoms with Crippen LogP contribution >= 0.6 is 0 Å². The number of halogens is 3. The summed E-state index contributed by atoms with van der Waals surface area (Å²) in [5, 5.41) is 0. The van der Waals surface area contributed by atoms with E-state index in [1.807, 2.05) is 6.92 Å². The van der Waals surface area contributed by atoms with Crippen molar-refractivity contribution >= 4 is 22.0 Å². The summed E-state index contributed by atoms with van der Waals surface area (Å²) in [5.74, 6) is -2.51. The van der Waals surface area contributed by atoms with E-state index in [4.69, 9.17) is 4.74 Å². The number of carbonyl (C=O) groups is 2. The first-order valence-corrected chi connectivity index (χ1v) is 9.74. The van der Waals surface area contributed by atoms with Crippen LogP contribution < -0.4 is 4.72 Å². The van der Waals surface area contributed by atoms with Gasteiger partial charge in [-0.05, 0) is 42.4 Å². The quantitative estimate of drug-likeness (QED) is 0.589. The van der Waals surface area contributed by atoms with E-state index in [-0.39, 0.29) is 36.1 Å². The molecule has 3 aliphatic rings. The molecule has 1 saturated heterocycles. The Morgan fingerprint density at radius 3 is 2.28 bits per heavy atom. The number of alkyl halides is 3. The molecule has 3 fully saturated rings. The third kappa shape index (κ3) is 2.97. The number of sulfonamides is 1. The Morgan fingerprint density at radius 1 is 1.16 bits per heavy atom. The number of ether oxygens (including phenoxy) is 1. The number of cyclic esters (lactones) is 2. The van der Waals surface area contributed by atoms with Crippen LogP contribution in [-0.4, -0.2) is 32.4 Å². The highest BCUT2D eigenvalue weighted by molar-refractivity contribution is 7.90. The Kier molecular flexibility index (Phi) is 4.42. The molecule has 7 atom stereocenters. The monoisotopic (exact) mass is 383 g/mol. The predicted molar refractivity (Wildman–Crippen MR) is 79.1 cm³/mol. The van der Waals surface area contributed by atoms with Crippen molar-refractivity contribution in [3.05, 3.63) is 0 Å². The summed E-state index contributed by atoms with van der Waals surface area (Å²) in [5.41, 5.74) is -5.34. The van der Waals surface area contributed by atoms with Crippen LogP contribution in [0.4, 0.5) is 13.2 Å². The summed E-state index contributed by atoms with van der Waals surface area (Å²) in [6, 6.07) is 0. The van der Waals surface area contributed by atoms with Gasteiger partial charge in [0, 0.05) is 6.54 Å². The minimum absolute atomic E-state index is 0.0955. The molecular weight excluding hydrogens is 363 g/mol.